The predicted octanol–water partition coefficient (Wildman–Crippen LogP) is 0.235. The highest BCUT2D eigenvalue weighted by molar-refractivity contribution is 4.96. The first kappa shape index (κ1) is 14.4. The summed E-state index contributed by atoms with van der Waals surface area (Å²) in [5.74, 6) is 0.725. The molecule has 1 aromatic rings. The third-order valence-corrected chi connectivity index (χ3v) is 3.16. The standard InChI is InChI=1S/C12H22N4O3/c1-2-5-16-6-7-18-10(8-16)11-14-12(19-15-11)9(17)3-4-13/h9-10,17H,2-8,13H2,1H3/t9-,10?/m0/s1. The van der Waals surface area contributed by atoms with E-state index in [4.69, 9.17) is 15.0 Å². The maximum absolute atomic E-state index is 9.74. The van der Waals surface area contributed by atoms with Crippen LogP contribution in [0, 0.1) is 0 Å². The highest BCUT2D eigenvalue weighted by Gasteiger charge is 2.27. The molecule has 1 fully saturated rings. The molecule has 1 saturated heterocycles. The van der Waals surface area contributed by atoms with Crippen LogP contribution < -0.4 is 5.73 Å². The molecule has 0 radical (unpaired) electrons. The molecular weight excluding hydrogens is 248 g/mol. The third-order valence-electron chi connectivity index (χ3n) is 3.16. The molecule has 1 aromatic heterocycles. The second kappa shape index (κ2) is 6.95. The minimum Gasteiger partial charge on any atom is -0.383 e. The van der Waals surface area contributed by atoms with Crippen molar-refractivity contribution in [1.29, 1.82) is 0 Å². The Bertz CT molecular complexity index is 383. The van der Waals surface area contributed by atoms with E-state index in [9.17, 15) is 5.11 Å². The number of nitrogens with zero attached hydrogens (tertiary/aromatic N) is 3. The minimum atomic E-state index is -0.790. The van der Waals surface area contributed by atoms with Gasteiger partial charge in [0.05, 0.1) is 6.61 Å². The van der Waals surface area contributed by atoms with Gasteiger partial charge in [-0.2, -0.15) is 4.98 Å². The zero-order chi connectivity index (χ0) is 13.7. The molecule has 0 saturated carbocycles. The first-order chi connectivity index (χ1) is 9.24. The van der Waals surface area contributed by atoms with Crippen LogP contribution in [0.5, 0.6) is 0 Å². The van der Waals surface area contributed by atoms with Gasteiger partial charge in [-0.1, -0.05) is 12.1 Å². The summed E-state index contributed by atoms with van der Waals surface area (Å²) in [5.41, 5.74) is 5.39. The van der Waals surface area contributed by atoms with Crippen LogP contribution in [0.15, 0.2) is 4.52 Å². The van der Waals surface area contributed by atoms with Gasteiger partial charge < -0.3 is 20.1 Å². The molecule has 1 aliphatic heterocycles. The van der Waals surface area contributed by atoms with Crippen molar-refractivity contribution < 1.29 is 14.4 Å². The van der Waals surface area contributed by atoms with E-state index in [0.717, 1.165) is 26.1 Å². The quantitative estimate of drug-likeness (QED) is 0.763. The highest BCUT2D eigenvalue weighted by Crippen LogP contribution is 2.22. The Morgan fingerprint density at radius 3 is 3.16 bits per heavy atom. The van der Waals surface area contributed by atoms with Gasteiger partial charge >= 0.3 is 0 Å². The van der Waals surface area contributed by atoms with E-state index in [2.05, 4.69) is 22.0 Å². The Kier molecular flexibility index (Phi) is 5.26. The van der Waals surface area contributed by atoms with E-state index in [1.165, 1.54) is 0 Å². The Morgan fingerprint density at radius 1 is 1.58 bits per heavy atom. The van der Waals surface area contributed by atoms with Gasteiger partial charge in [-0.05, 0) is 25.9 Å². The van der Waals surface area contributed by atoms with E-state index < -0.39 is 6.10 Å². The molecule has 0 bridgehead atoms. The van der Waals surface area contributed by atoms with E-state index in [1.807, 2.05) is 0 Å². The van der Waals surface area contributed by atoms with Gasteiger partial charge in [0.2, 0.25) is 5.82 Å². The summed E-state index contributed by atoms with van der Waals surface area (Å²) >= 11 is 0. The average Bonchev–Trinajstić information content (AvgIpc) is 2.89. The molecule has 2 atom stereocenters. The molecule has 2 heterocycles. The monoisotopic (exact) mass is 270 g/mol. The SMILES string of the molecule is CCCN1CCOC(c2noc([C@@H](O)CCN)n2)C1. The fraction of sp³-hybridized carbons (Fsp3) is 0.833. The van der Waals surface area contributed by atoms with Crippen LogP contribution in [-0.2, 0) is 4.74 Å². The number of ether oxygens (including phenoxy) is 1. The van der Waals surface area contributed by atoms with Gasteiger partial charge in [-0.3, -0.25) is 4.90 Å². The van der Waals surface area contributed by atoms with E-state index in [1.54, 1.807) is 0 Å². The number of rotatable bonds is 6. The van der Waals surface area contributed by atoms with Gasteiger partial charge in [0, 0.05) is 13.1 Å². The molecule has 0 amide bonds. The van der Waals surface area contributed by atoms with Crippen molar-refractivity contribution in [3.8, 4) is 0 Å². The zero-order valence-electron chi connectivity index (χ0n) is 11.3. The first-order valence-corrected chi connectivity index (χ1v) is 6.80. The summed E-state index contributed by atoms with van der Waals surface area (Å²) in [6, 6.07) is 0. The minimum absolute atomic E-state index is 0.178. The van der Waals surface area contributed by atoms with Crippen molar-refractivity contribution >= 4 is 0 Å². The summed E-state index contributed by atoms with van der Waals surface area (Å²) < 4.78 is 10.7. The van der Waals surface area contributed by atoms with Gasteiger partial charge in [0.1, 0.15) is 12.2 Å². The summed E-state index contributed by atoms with van der Waals surface area (Å²) in [7, 11) is 0. The van der Waals surface area contributed by atoms with E-state index in [0.29, 0.717) is 25.4 Å². The van der Waals surface area contributed by atoms with Crippen LogP contribution in [0.1, 0.15) is 43.7 Å². The molecule has 1 unspecified atom stereocenters. The largest absolute Gasteiger partial charge is 0.383 e. The van der Waals surface area contributed by atoms with E-state index >= 15 is 0 Å². The molecule has 3 N–H and O–H groups in total. The first-order valence-electron chi connectivity index (χ1n) is 6.80. The fourth-order valence-corrected chi connectivity index (χ4v) is 2.17. The molecule has 0 aromatic carbocycles. The van der Waals surface area contributed by atoms with Gasteiger partial charge in [-0.15, -0.1) is 0 Å². The summed E-state index contributed by atoms with van der Waals surface area (Å²) in [4.78, 5) is 6.53. The van der Waals surface area contributed by atoms with Crippen molar-refractivity contribution in [2.45, 2.75) is 32.0 Å². The van der Waals surface area contributed by atoms with Crippen molar-refractivity contribution in [3.63, 3.8) is 0 Å². The van der Waals surface area contributed by atoms with Crippen LogP contribution in [0.2, 0.25) is 0 Å². The number of morpholine rings is 1. The van der Waals surface area contributed by atoms with Crippen molar-refractivity contribution in [3.05, 3.63) is 11.7 Å². The number of hydrogen-bond donors (Lipinski definition) is 2. The van der Waals surface area contributed by atoms with Crippen LogP contribution in [-0.4, -0.2) is 52.9 Å². The summed E-state index contributed by atoms with van der Waals surface area (Å²) in [6.07, 6.45) is 0.554. The topological polar surface area (TPSA) is 97.6 Å². The van der Waals surface area contributed by atoms with E-state index in [-0.39, 0.29) is 12.0 Å². The molecule has 1 aliphatic rings. The second-order valence-corrected chi connectivity index (χ2v) is 4.74. The van der Waals surface area contributed by atoms with Crippen LogP contribution in [0.25, 0.3) is 0 Å². The van der Waals surface area contributed by atoms with Gasteiger partial charge in [0.25, 0.3) is 5.89 Å². The lowest BCUT2D eigenvalue weighted by atomic mass is 10.2. The smallest absolute Gasteiger partial charge is 0.255 e. The molecular formula is C12H22N4O3. The van der Waals surface area contributed by atoms with Crippen LogP contribution in [0.4, 0.5) is 0 Å². The second-order valence-electron chi connectivity index (χ2n) is 4.74. The van der Waals surface area contributed by atoms with Crippen molar-refractivity contribution in [2.24, 2.45) is 5.73 Å². The Hall–Kier alpha value is -1.02. The van der Waals surface area contributed by atoms with Crippen LogP contribution in [0.3, 0.4) is 0 Å². The Balaban J connectivity index is 1.97. The van der Waals surface area contributed by atoms with Gasteiger partial charge in [0.15, 0.2) is 0 Å². The maximum atomic E-state index is 9.74. The number of hydrogen-bond acceptors (Lipinski definition) is 7. The highest BCUT2D eigenvalue weighted by atomic mass is 16.5. The number of aromatic nitrogens is 2. The average molecular weight is 270 g/mol. The summed E-state index contributed by atoms with van der Waals surface area (Å²) in [6.45, 7) is 5.94. The molecule has 19 heavy (non-hydrogen) atoms. The molecule has 7 heteroatoms. The molecule has 0 aliphatic carbocycles. The third kappa shape index (κ3) is 3.73. The zero-order valence-corrected chi connectivity index (χ0v) is 11.3. The molecule has 0 spiro atoms. The molecule has 108 valence electrons. The maximum Gasteiger partial charge on any atom is 0.255 e. The van der Waals surface area contributed by atoms with Gasteiger partial charge in [-0.25, -0.2) is 0 Å². The Morgan fingerprint density at radius 2 is 2.42 bits per heavy atom. The lowest BCUT2D eigenvalue weighted by Crippen LogP contribution is -2.39. The summed E-state index contributed by atoms with van der Waals surface area (Å²) in [5, 5.41) is 13.6. The Labute approximate surface area is 112 Å². The lowest BCUT2D eigenvalue weighted by molar-refractivity contribution is -0.0350. The number of aliphatic hydroxyl groups is 1. The van der Waals surface area contributed by atoms with Crippen molar-refractivity contribution in [2.75, 3.05) is 32.8 Å². The molecule has 2 rings (SSSR count). The predicted molar refractivity (Wildman–Crippen MR) is 68.4 cm³/mol. The van der Waals surface area contributed by atoms with Crippen molar-refractivity contribution in [1.82, 2.24) is 15.0 Å². The number of aliphatic hydroxyl groups excluding tert-OH is 1. The molecule has 7 nitrogen and oxygen atoms in total. The fourth-order valence-electron chi connectivity index (χ4n) is 2.17. The number of nitrogens with two attached hydrogens (primary N) is 1. The lowest BCUT2D eigenvalue weighted by Gasteiger charge is -2.30. The van der Waals surface area contributed by atoms with Crippen LogP contribution >= 0.6 is 0 Å². The normalized spacial score (nSPS) is 22.6.